The van der Waals surface area contributed by atoms with E-state index in [2.05, 4.69) is 4.98 Å². The normalized spacial score (nSPS) is 22.6. The number of nitrogens with zero attached hydrogens (tertiary/aromatic N) is 2. The summed E-state index contributed by atoms with van der Waals surface area (Å²) in [5, 5.41) is 0. The van der Waals surface area contributed by atoms with Gasteiger partial charge in [0.05, 0.1) is 22.9 Å². The molecular weight excluding hydrogens is 238 g/mol. The van der Waals surface area contributed by atoms with E-state index in [1.54, 1.807) is 6.20 Å². The van der Waals surface area contributed by atoms with E-state index in [0.717, 1.165) is 11.4 Å². The lowest BCUT2D eigenvalue weighted by Gasteiger charge is -2.27. The fourth-order valence-corrected chi connectivity index (χ4v) is 3.96. The highest BCUT2D eigenvalue weighted by Gasteiger charge is 2.31. The predicted octanol–water partition coefficient (Wildman–Crippen LogP) is 0.164. The molecule has 17 heavy (non-hydrogen) atoms. The summed E-state index contributed by atoms with van der Waals surface area (Å²) in [5.74, 6) is 0.503. The lowest BCUT2D eigenvalue weighted by atomic mass is 10.2. The van der Waals surface area contributed by atoms with Gasteiger partial charge in [-0.15, -0.1) is 0 Å². The predicted molar refractivity (Wildman–Crippen MR) is 67.6 cm³/mol. The average molecular weight is 255 g/mol. The SMILES string of the molecule is CN(c1cccnc1CN)C1CCS(=O)(=O)C1. The summed E-state index contributed by atoms with van der Waals surface area (Å²) in [7, 11) is -0.957. The van der Waals surface area contributed by atoms with Crippen LogP contribution in [0.15, 0.2) is 18.3 Å². The Morgan fingerprint density at radius 1 is 1.59 bits per heavy atom. The molecular formula is C11H17N3O2S. The van der Waals surface area contributed by atoms with Crippen molar-refractivity contribution >= 4 is 15.5 Å². The van der Waals surface area contributed by atoms with Gasteiger partial charge >= 0.3 is 0 Å². The minimum absolute atomic E-state index is 0.0366. The lowest BCUT2D eigenvalue weighted by Crippen LogP contribution is -2.33. The van der Waals surface area contributed by atoms with E-state index in [4.69, 9.17) is 5.73 Å². The van der Waals surface area contributed by atoms with Crippen LogP contribution in [0, 0.1) is 0 Å². The second-order valence-corrected chi connectivity index (χ2v) is 6.57. The molecule has 0 spiro atoms. The van der Waals surface area contributed by atoms with Crippen molar-refractivity contribution in [3.8, 4) is 0 Å². The fraction of sp³-hybridized carbons (Fsp3) is 0.545. The van der Waals surface area contributed by atoms with Gasteiger partial charge in [-0.25, -0.2) is 8.42 Å². The van der Waals surface area contributed by atoms with Crippen molar-refractivity contribution in [2.75, 3.05) is 23.5 Å². The molecule has 0 radical (unpaired) electrons. The van der Waals surface area contributed by atoms with Gasteiger partial charge in [0.25, 0.3) is 0 Å². The van der Waals surface area contributed by atoms with E-state index in [0.29, 0.717) is 13.0 Å². The highest BCUT2D eigenvalue weighted by Crippen LogP contribution is 2.24. The van der Waals surface area contributed by atoms with Crippen LogP contribution in [-0.4, -0.2) is 38.0 Å². The van der Waals surface area contributed by atoms with Gasteiger partial charge in [0.1, 0.15) is 0 Å². The third-order valence-corrected chi connectivity index (χ3v) is 4.95. The van der Waals surface area contributed by atoms with Crippen LogP contribution in [0.2, 0.25) is 0 Å². The number of sulfone groups is 1. The van der Waals surface area contributed by atoms with Gasteiger partial charge in [-0.2, -0.15) is 0 Å². The summed E-state index contributed by atoms with van der Waals surface area (Å²) in [6.07, 6.45) is 2.38. The number of nitrogens with two attached hydrogens (primary N) is 1. The van der Waals surface area contributed by atoms with Crippen molar-refractivity contribution in [1.82, 2.24) is 4.98 Å². The van der Waals surface area contributed by atoms with E-state index in [-0.39, 0.29) is 17.5 Å². The average Bonchev–Trinajstić information content (AvgIpc) is 2.68. The maximum atomic E-state index is 11.5. The molecule has 1 aromatic heterocycles. The Balaban J connectivity index is 2.23. The lowest BCUT2D eigenvalue weighted by molar-refractivity contribution is 0.600. The highest BCUT2D eigenvalue weighted by molar-refractivity contribution is 7.91. The first kappa shape index (κ1) is 12.3. The fourth-order valence-electron chi connectivity index (χ4n) is 2.19. The molecule has 1 aliphatic heterocycles. The summed E-state index contributed by atoms with van der Waals surface area (Å²) in [6, 6.07) is 3.81. The number of hydrogen-bond donors (Lipinski definition) is 1. The van der Waals surface area contributed by atoms with Gasteiger partial charge in [-0.05, 0) is 18.6 Å². The zero-order valence-corrected chi connectivity index (χ0v) is 10.7. The van der Waals surface area contributed by atoms with Gasteiger partial charge in [0.15, 0.2) is 9.84 Å². The standard InChI is InChI=1S/C11H17N3O2S/c1-14(9-4-6-17(15,16)8-9)11-3-2-5-13-10(11)7-12/h2-3,5,9H,4,6-8,12H2,1H3. The molecule has 1 aromatic rings. The molecule has 1 atom stereocenters. The van der Waals surface area contributed by atoms with Crippen molar-refractivity contribution in [2.24, 2.45) is 5.73 Å². The van der Waals surface area contributed by atoms with E-state index in [1.165, 1.54) is 0 Å². The summed E-state index contributed by atoms with van der Waals surface area (Å²) < 4.78 is 22.9. The molecule has 2 rings (SSSR count). The van der Waals surface area contributed by atoms with Crippen molar-refractivity contribution in [2.45, 2.75) is 19.0 Å². The van der Waals surface area contributed by atoms with Gasteiger partial charge < -0.3 is 10.6 Å². The summed E-state index contributed by atoms with van der Waals surface area (Å²) in [4.78, 5) is 6.20. The molecule has 0 aromatic carbocycles. The first-order valence-electron chi connectivity index (χ1n) is 5.61. The summed E-state index contributed by atoms with van der Waals surface area (Å²) >= 11 is 0. The van der Waals surface area contributed by atoms with Crippen molar-refractivity contribution in [3.63, 3.8) is 0 Å². The zero-order chi connectivity index (χ0) is 12.5. The van der Waals surface area contributed by atoms with E-state index in [9.17, 15) is 8.42 Å². The molecule has 0 saturated carbocycles. The first-order valence-corrected chi connectivity index (χ1v) is 7.43. The monoisotopic (exact) mass is 255 g/mol. The van der Waals surface area contributed by atoms with Crippen LogP contribution in [0.3, 0.4) is 0 Å². The molecule has 1 fully saturated rings. The van der Waals surface area contributed by atoms with Crippen molar-refractivity contribution in [1.29, 1.82) is 0 Å². The third kappa shape index (κ3) is 2.58. The van der Waals surface area contributed by atoms with Crippen LogP contribution in [0.25, 0.3) is 0 Å². The molecule has 1 aliphatic rings. The molecule has 1 saturated heterocycles. The van der Waals surface area contributed by atoms with E-state index >= 15 is 0 Å². The van der Waals surface area contributed by atoms with Gasteiger partial charge in [0.2, 0.25) is 0 Å². The Bertz CT molecular complexity index is 501. The molecule has 2 heterocycles. The van der Waals surface area contributed by atoms with Crippen molar-refractivity contribution in [3.05, 3.63) is 24.0 Å². The maximum Gasteiger partial charge on any atom is 0.152 e. The van der Waals surface area contributed by atoms with Crippen LogP contribution < -0.4 is 10.6 Å². The summed E-state index contributed by atoms with van der Waals surface area (Å²) in [6.45, 7) is 0.361. The second-order valence-electron chi connectivity index (χ2n) is 4.34. The quantitative estimate of drug-likeness (QED) is 0.833. The zero-order valence-electron chi connectivity index (χ0n) is 9.83. The molecule has 0 aliphatic carbocycles. The summed E-state index contributed by atoms with van der Waals surface area (Å²) in [5.41, 5.74) is 7.37. The number of anilines is 1. The maximum absolute atomic E-state index is 11.5. The Labute approximate surface area is 102 Å². The van der Waals surface area contributed by atoms with Crippen LogP contribution >= 0.6 is 0 Å². The van der Waals surface area contributed by atoms with Gasteiger partial charge in [-0.1, -0.05) is 0 Å². The molecule has 1 unspecified atom stereocenters. The van der Waals surface area contributed by atoms with Crippen LogP contribution in [0.4, 0.5) is 5.69 Å². The number of aromatic nitrogens is 1. The minimum atomic E-state index is -2.86. The Hall–Kier alpha value is -1.14. The minimum Gasteiger partial charge on any atom is -0.369 e. The molecule has 5 nitrogen and oxygen atoms in total. The van der Waals surface area contributed by atoms with E-state index in [1.807, 2.05) is 24.1 Å². The van der Waals surface area contributed by atoms with Gasteiger partial charge in [0, 0.05) is 25.8 Å². The first-order chi connectivity index (χ1) is 8.03. The smallest absolute Gasteiger partial charge is 0.152 e. The van der Waals surface area contributed by atoms with Gasteiger partial charge in [-0.3, -0.25) is 4.98 Å². The third-order valence-electron chi connectivity index (χ3n) is 3.20. The number of rotatable bonds is 3. The molecule has 0 bridgehead atoms. The number of hydrogen-bond acceptors (Lipinski definition) is 5. The highest BCUT2D eigenvalue weighted by atomic mass is 32.2. The molecule has 0 amide bonds. The van der Waals surface area contributed by atoms with Crippen LogP contribution in [-0.2, 0) is 16.4 Å². The number of pyridine rings is 1. The van der Waals surface area contributed by atoms with Crippen LogP contribution in [0.5, 0.6) is 0 Å². The topological polar surface area (TPSA) is 76.3 Å². The Morgan fingerprint density at radius 3 is 2.94 bits per heavy atom. The Morgan fingerprint density at radius 2 is 2.35 bits per heavy atom. The Kier molecular flexibility index (Phi) is 3.35. The second kappa shape index (κ2) is 4.62. The van der Waals surface area contributed by atoms with Crippen molar-refractivity contribution < 1.29 is 8.42 Å². The molecule has 2 N–H and O–H groups in total. The molecule has 6 heteroatoms. The van der Waals surface area contributed by atoms with Crippen LogP contribution in [0.1, 0.15) is 12.1 Å². The largest absolute Gasteiger partial charge is 0.369 e. The van der Waals surface area contributed by atoms with E-state index < -0.39 is 9.84 Å². The molecule has 94 valence electrons.